The molecule has 13 heavy (non-hydrogen) atoms. The van der Waals surface area contributed by atoms with Gasteiger partial charge in [0.25, 0.3) is 0 Å². The Morgan fingerprint density at radius 3 is 2.69 bits per heavy atom. The molecule has 0 radical (unpaired) electrons. The van der Waals surface area contributed by atoms with Gasteiger partial charge >= 0.3 is 5.97 Å². The van der Waals surface area contributed by atoms with Gasteiger partial charge in [-0.2, -0.15) is 0 Å². The zero-order valence-corrected chi connectivity index (χ0v) is 7.27. The minimum Gasteiger partial charge on any atom is -0.480 e. The first-order chi connectivity index (χ1) is 6.24. The van der Waals surface area contributed by atoms with Crippen LogP contribution in [0.1, 0.15) is 5.82 Å². The highest BCUT2D eigenvalue weighted by Crippen LogP contribution is 1.95. The smallest absolute Gasteiger partial charge is 0.321 e. The van der Waals surface area contributed by atoms with Gasteiger partial charge in [-0.3, -0.25) is 4.79 Å². The summed E-state index contributed by atoms with van der Waals surface area (Å²) in [6, 6.07) is 1.07. The third-order valence-electron chi connectivity index (χ3n) is 1.65. The third kappa shape index (κ3) is 2.79. The van der Waals surface area contributed by atoms with Crippen molar-refractivity contribution in [2.24, 2.45) is 0 Å². The van der Waals surface area contributed by atoms with Crippen LogP contribution >= 0.6 is 0 Å². The highest BCUT2D eigenvalue weighted by Gasteiger charge is 2.16. The number of hydrogen-bond acceptors (Lipinski definition) is 4. The van der Waals surface area contributed by atoms with Crippen LogP contribution in [0.15, 0.2) is 18.5 Å². The standard InChI is InChI=1S/C8H11N3O2/c1-9-6(8(12)13)5-7-10-3-2-4-11-7/h2-4,6,9H,5H2,1H3,(H,12,13)/t6-/m0/s1. The third-order valence-corrected chi connectivity index (χ3v) is 1.65. The van der Waals surface area contributed by atoms with E-state index >= 15 is 0 Å². The van der Waals surface area contributed by atoms with Crippen molar-refractivity contribution < 1.29 is 9.90 Å². The van der Waals surface area contributed by atoms with Gasteiger partial charge in [-0.25, -0.2) is 9.97 Å². The van der Waals surface area contributed by atoms with E-state index in [9.17, 15) is 4.79 Å². The number of aromatic nitrogens is 2. The van der Waals surface area contributed by atoms with Gasteiger partial charge in [-0.05, 0) is 13.1 Å². The van der Waals surface area contributed by atoms with E-state index in [1.807, 2.05) is 0 Å². The summed E-state index contributed by atoms with van der Waals surface area (Å²) < 4.78 is 0. The van der Waals surface area contributed by atoms with Gasteiger partial charge in [0.05, 0.1) is 0 Å². The molecule has 0 fully saturated rings. The molecular weight excluding hydrogens is 170 g/mol. The molecule has 0 aliphatic heterocycles. The molecule has 0 aliphatic rings. The minimum absolute atomic E-state index is 0.298. The van der Waals surface area contributed by atoms with Gasteiger partial charge in [0.1, 0.15) is 11.9 Å². The molecule has 5 nitrogen and oxygen atoms in total. The normalized spacial score (nSPS) is 12.4. The molecule has 0 bridgehead atoms. The Kier molecular flexibility index (Phi) is 3.33. The van der Waals surface area contributed by atoms with Gasteiger partial charge in [0.15, 0.2) is 0 Å². The number of rotatable bonds is 4. The van der Waals surface area contributed by atoms with Crippen LogP contribution in [0.2, 0.25) is 0 Å². The monoisotopic (exact) mass is 181 g/mol. The highest BCUT2D eigenvalue weighted by molar-refractivity contribution is 5.73. The Balaban J connectivity index is 2.62. The molecule has 0 amide bonds. The van der Waals surface area contributed by atoms with Crippen LogP contribution in [-0.4, -0.2) is 34.1 Å². The van der Waals surface area contributed by atoms with Gasteiger partial charge in [-0.1, -0.05) is 0 Å². The number of carboxylic acids is 1. The number of carbonyl (C=O) groups is 1. The molecule has 0 spiro atoms. The second kappa shape index (κ2) is 4.51. The summed E-state index contributed by atoms with van der Waals surface area (Å²) >= 11 is 0. The first-order valence-electron chi connectivity index (χ1n) is 3.90. The zero-order chi connectivity index (χ0) is 9.68. The molecule has 1 heterocycles. The number of nitrogens with one attached hydrogen (secondary N) is 1. The number of aliphatic carboxylic acids is 1. The summed E-state index contributed by atoms with van der Waals surface area (Å²) in [4.78, 5) is 18.5. The largest absolute Gasteiger partial charge is 0.480 e. The van der Waals surface area contributed by atoms with Crippen molar-refractivity contribution in [3.63, 3.8) is 0 Å². The lowest BCUT2D eigenvalue weighted by molar-refractivity contribution is -0.139. The fourth-order valence-electron chi connectivity index (χ4n) is 0.931. The lowest BCUT2D eigenvalue weighted by Crippen LogP contribution is -2.36. The molecule has 0 saturated carbocycles. The second-order valence-electron chi connectivity index (χ2n) is 2.55. The van der Waals surface area contributed by atoms with E-state index in [-0.39, 0.29) is 0 Å². The van der Waals surface area contributed by atoms with Crippen LogP contribution in [0.3, 0.4) is 0 Å². The van der Waals surface area contributed by atoms with Crippen molar-refractivity contribution in [2.45, 2.75) is 12.5 Å². The lowest BCUT2D eigenvalue weighted by atomic mass is 10.2. The topological polar surface area (TPSA) is 75.1 Å². The van der Waals surface area contributed by atoms with E-state index in [2.05, 4.69) is 15.3 Å². The van der Waals surface area contributed by atoms with Crippen LogP contribution in [-0.2, 0) is 11.2 Å². The van der Waals surface area contributed by atoms with E-state index in [1.165, 1.54) is 0 Å². The number of hydrogen-bond donors (Lipinski definition) is 2. The predicted octanol–water partition coefficient (Wildman–Crippen LogP) is -0.308. The van der Waals surface area contributed by atoms with Crippen molar-refractivity contribution in [2.75, 3.05) is 7.05 Å². The Morgan fingerprint density at radius 2 is 2.23 bits per heavy atom. The lowest BCUT2D eigenvalue weighted by Gasteiger charge is -2.08. The minimum atomic E-state index is -0.894. The van der Waals surface area contributed by atoms with Crippen LogP contribution < -0.4 is 5.32 Å². The van der Waals surface area contributed by atoms with Gasteiger partial charge < -0.3 is 10.4 Å². The maximum absolute atomic E-state index is 10.6. The van der Waals surface area contributed by atoms with Crippen molar-refractivity contribution >= 4 is 5.97 Å². The quantitative estimate of drug-likeness (QED) is 0.666. The van der Waals surface area contributed by atoms with Gasteiger partial charge in [-0.15, -0.1) is 0 Å². The van der Waals surface area contributed by atoms with Gasteiger partial charge in [0, 0.05) is 18.8 Å². The molecule has 70 valence electrons. The maximum Gasteiger partial charge on any atom is 0.321 e. The molecular formula is C8H11N3O2. The molecule has 1 atom stereocenters. The molecule has 1 aromatic heterocycles. The van der Waals surface area contributed by atoms with Crippen LogP contribution in [0.4, 0.5) is 0 Å². The van der Waals surface area contributed by atoms with Crippen LogP contribution in [0.25, 0.3) is 0 Å². The fourth-order valence-corrected chi connectivity index (χ4v) is 0.931. The van der Waals surface area contributed by atoms with Crippen LogP contribution in [0.5, 0.6) is 0 Å². The Bertz CT molecular complexity index is 276. The molecule has 5 heteroatoms. The molecule has 0 aliphatic carbocycles. The van der Waals surface area contributed by atoms with E-state index in [0.717, 1.165) is 0 Å². The van der Waals surface area contributed by atoms with Crippen molar-refractivity contribution in [3.05, 3.63) is 24.3 Å². The summed E-state index contributed by atoms with van der Waals surface area (Å²) in [5, 5.41) is 11.4. The summed E-state index contributed by atoms with van der Waals surface area (Å²) in [5.41, 5.74) is 0. The number of likely N-dealkylation sites (N-methyl/N-ethyl adjacent to an activating group) is 1. The van der Waals surface area contributed by atoms with E-state index in [0.29, 0.717) is 12.2 Å². The summed E-state index contributed by atoms with van der Waals surface area (Å²) in [6.45, 7) is 0. The number of carboxylic acid groups (broad SMARTS) is 1. The highest BCUT2D eigenvalue weighted by atomic mass is 16.4. The molecule has 0 saturated heterocycles. The first kappa shape index (κ1) is 9.60. The van der Waals surface area contributed by atoms with Gasteiger partial charge in [0.2, 0.25) is 0 Å². The summed E-state index contributed by atoms with van der Waals surface area (Å²) in [6.07, 6.45) is 3.49. The molecule has 0 aromatic carbocycles. The van der Waals surface area contributed by atoms with E-state index in [1.54, 1.807) is 25.5 Å². The molecule has 0 unspecified atom stereocenters. The Labute approximate surface area is 75.8 Å². The Hall–Kier alpha value is -1.49. The summed E-state index contributed by atoms with van der Waals surface area (Å²) in [5.74, 6) is -0.362. The van der Waals surface area contributed by atoms with Crippen LogP contribution in [0, 0.1) is 0 Å². The average Bonchev–Trinajstić information content (AvgIpc) is 2.15. The number of nitrogens with zero attached hydrogens (tertiary/aromatic N) is 2. The first-order valence-corrected chi connectivity index (χ1v) is 3.90. The second-order valence-corrected chi connectivity index (χ2v) is 2.55. The van der Waals surface area contributed by atoms with E-state index < -0.39 is 12.0 Å². The average molecular weight is 181 g/mol. The fraction of sp³-hybridized carbons (Fsp3) is 0.375. The van der Waals surface area contributed by atoms with Crippen molar-refractivity contribution in [3.8, 4) is 0 Å². The molecule has 2 N–H and O–H groups in total. The summed E-state index contributed by atoms with van der Waals surface area (Å²) in [7, 11) is 1.60. The van der Waals surface area contributed by atoms with Crippen molar-refractivity contribution in [1.29, 1.82) is 0 Å². The maximum atomic E-state index is 10.6. The van der Waals surface area contributed by atoms with E-state index in [4.69, 9.17) is 5.11 Å². The Morgan fingerprint density at radius 1 is 1.62 bits per heavy atom. The molecule has 1 rings (SSSR count). The zero-order valence-electron chi connectivity index (χ0n) is 7.27. The SMILES string of the molecule is CN[C@@H](Cc1ncccn1)C(=O)O. The van der Waals surface area contributed by atoms with Crippen molar-refractivity contribution in [1.82, 2.24) is 15.3 Å². The predicted molar refractivity (Wildman–Crippen MR) is 46.2 cm³/mol. The molecule has 1 aromatic rings.